The average molecular weight is 214 g/mol. The van der Waals surface area contributed by atoms with Gasteiger partial charge in [-0.25, -0.2) is 4.79 Å². The number of thiazole rings is 1. The molecule has 1 amide bonds. The number of carbonyl (C=O) groups is 2. The number of nitrogens with zero attached hydrogens (tertiary/aromatic N) is 1. The fourth-order valence-corrected chi connectivity index (χ4v) is 1.30. The van der Waals surface area contributed by atoms with Crippen molar-refractivity contribution >= 4 is 23.2 Å². The molecule has 1 aromatic heterocycles. The van der Waals surface area contributed by atoms with Crippen LogP contribution in [0.15, 0.2) is 11.7 Å². The lowest BCUT2D eigenvalue weighted by molar-refractivity contribution is -0.154. The molecule has 1 heterocycles. The van der Waals surface area contributed by atoms with Gasteiger partial charge >= 0.3 is 11.9 Å². The van der Waals surface area contributed by atoms with Gasteiger partial charge in [-0.15, -0.1) is 11.3 Å². The van der Waals surface area contributed by atoms with Crippen LogP contribution >= 0.6 is 11.3 Å². The highest BCUT2D eigenvalue weighted by molar-refractivity contribution is 7.09. The van der Waals surface area contributed by atoms with Crippen molar-refractivity contribution in [3.05, 3.63) is 16.6 Å². The molecular formula is C8H10N2O3S. The maximum Gasteiger partial charge on any atom is 0.396 e. The van der Waals surface area contributed by atoms with E-state index in [1.165, 1.54) is 11.3 Å². The minimum absolute atomic E-state index is 0.201. The van der Waals surface area contributed by atoms with Gasteiger partial charge in [-0.05, 0) is 6.92 Å². The van der Waals surface area contributed by atoms with Gasteiger partial charge in [0, 0.05) is 11.1 Å². The topological polar surface area (TPSA) is 68.3 Å². The highest BCUT2D eigenvalue weighted by Crippen LogP contribution is 2.03. The van der Waals surface area contributed by atoms with Crippen LogP contribution in [-0.4, -0.2) is 23.5 Å². The van der Waals surface area contributed by atoms with E-state index in [1.807, 2.05) is 0 Å². The van der Waals surface area contributed by atoms with Crippen LogP contribution in [0.2, 0.25) is 0 Å². The normalized spacial score (nSPS) is 9.50. The summed E-state index contributed by atoms with van der Waals surface area (Å²) in [6.45, 7) is 2.16. The molecule has 1 rings (SSSR count). The number of ether oxygens (including phenoxy) is 1. The molecule has 6 heteroatoms. The fraction of sp³-hybridized carbons (Fsp3) is 0.375. The molecule has 0 bridgehead atoms. The van der Waals surface area contributed by atoms with Crippen LogP contribution in [0.1, 0.15) is 11.8 Å². The van der Waals surface area contributed by atoms with Crippen molar-refractivity contribution in [2.24, 2.45) is 0 Å². The molecule has 0 aliphatic carbocycles. The van der Waals surface area contributed by atoms with Crippen LogP contribution in [0.25, 0.3) is 0 Å². The maximum atomic E-state index is 11.0. The lowest BCUT2D eigenvalue weighted by Crippen LogP contribution is -2.31. The third-order valence-corrected chi connectivity index (χ3v) is 2.15. The molecule has 0 radical (unpaired) electrons. The zero-order valence-electron chi connectivity index (χ0n) is 7.65. The molecule has 0 saturated carbocycles. The molecule has 0 fully saturated rings. The first-order chi connectivity index (χ1) is 6.74. The van der Waals surface area contributed by atoms with Crippen molar-refractivity contribution in [3.63, 3.8) is 0 Å². The van der Waals surface area contributed by atoms with Crippen LogP contribution in [0, 0.1) is 0 Å². The third-order valence-electron chi connectivity index (χ3n) is 1.37. The Morgan fingerprint density at radius 3 is 3.00 bits per heavy atom. The highest BCUT2D eigenvalue weighted by atomic mass is 32.1. The summed E-state index contributed by atoms with van der Waals surface area (Å²) < 4.78 is 4.51. The predicted molar refractivity (Wildman–Crippen MR) is 50.6 cm³/mol. The summed E-state index contributed by atoms with van der Waals surface area (Å²) >= 11 is 1.41. The maximum absolute atomic E-state index is 11.0. The Morgan fingerprint density at radius 1 is 1.64 bits per heavy atom. The lowest BCUT2D eigenvalue weighted by atomic mass is 10.5. The Bertz CT molecular complexity index is 310. The van der Waals surface area contributed by atoms with E-state index >= 15 is 0 Å². The zero-order chi connectivity index (χ0) is 10.4. The van der Waals surface area contributed by atoms with E-state index in [9.17, 15) is 9.59 Å². The molecule has 0 atom stereocenters. The van der Waals surface area contributed by atoms with E-state index in [0.29, 0.717) is 6.54 Å². The molecular weight excluding hydrogens is 204 g/mol. The first-order valence-corrected chi connectivity index (χ1v) is 4.94. The molecule has 0 saturated heterocycles. The van der Waals surface area contributed by atoms with Crippen LogP contribution in [0.3, 0.4) is 0 Å². The molecule has 1 N–H and O–H groups in total. The van der Waals surface area contributed by atoms with Crippen LogP contribution < -0.4 is 5.32 Å². The Morgan fingerprint density at radius 2 is 2.43 bits per heavy atom. The Kier molecular flexibility index (Phi) is 4.06. The average Bonchev–Trinajstić information content (AvgIpc) is 2.67. The van der Waals surface area contributed by atoms with Crippen molar-refractivity contribution in [3.8, 4) is 0 Å². The number of nitrogens with one attached hydrogen (secondary N) is 1. The van der Waals surface area contributed by atoms with E-state index in [2.05, 4.69) is 15.0 Å². The van der Waals surface area contributed by atoms with Gasteiger partial charge in [-0.1, -0.05) is 0 Å². The lowest BCUT2D eigenvalue weighted by Gasteiger charge is -2.01. The summed E-state index contributed by atoms with van der Waals surface area (Å²) in [5.74, 6) is -1.57. The second-order valence-electron chi connectivity index (χ2n) is 2.37. The molecule has 0 spiro atoms. The molecule has 0 aliphatic rings. The molecule has 76 valence electrons. The van der Waals surface area contributed by atoms with Crippen molar-refractivity contribution in [2.75, 3.05) is 6.61 Å². The molecule has 0 aromatic carbocycles. The van der Waals surface area contributed by atoms with E-state index in [1.54, 1.807) is 18.6 Å². The first-order valence-electron chi connectivity index (χ1n) is 4.06. The predicted octanol–water partition coefficient (Wildman–Crippen LogP) is 0.322. The molecule has 0 aliphatic heterocycles. The quantitative estimate of drug-likeness (QED) is 0.581. The van der Waals surface area contributed by atoms with Crippen molar-refractivity contribution < 1.29 is 14.3 Å². The number of rotatable bonds is 3. The zero-order valence-corrected chi connectivity index (χ0v) is 8.47. The van der Waals surface area contributed by atoms with Gasteiger partial charge in [-0.3, -0.25) is 9.78 Å². The van der Waals surface area contributed by atoms with E-state index in [-0.39, 0.29) is 6.61 Å². The van der Waals surface area contributed by atoms with Gasteiger partial charge < -0.3 is 10.1 Å². The monoisotopic (exact) mass is 214 g/mol. The molecule has 14 heavy (non-hydrogen) atoms. The summed E-state index contributed by atoms with van der Waals surface area (Å²) in [7, 11) is 0. The van der Waals surface area contributed by atoms with Gasteiger partial charge in [0.25, 0.3) is 0 Å². The minimum Gasteiger partial charge on any atom is -0.459 e. The second-order valence-corrected chi connectivity index (χ2v) is 3.34. The summed E-state index contributed by atoms with van der Waals surface area (Å²) in [5, 5.41) is 2.43. The first kappa shape index (κ1) is 10.6. The Balaban J connectivity index is 2.31. The second kappa shape index (κ2) is 5.33. The third kappa shape index (κ3) is 3.14. The number of amides is 1. The van der Waals surface area contributed by atoms with E-state index in [0.717, 1.165) is 4.88 Å². The molecule has 5 nitrogen and oxygen atoms in total. The smallest absolute Gasteiger partial charge is 0.396 e. The van der Waals surface area contributed by atoms with Gasteiger partial charge in [0.2, 0.25) is 0 Å². The van der Waals surface area contributed by atoms with Gasteiger partial charge in [0.1, 0.15) is 0 Å². The number of hydrogen-bond donors (Lipinski definition) is 1. The summed E-state index contributed by atoms with van der Waals surface area (Å²) in [5.41, 5.74) is 1.66. The van der Waals surface area contributed by atoms with Crippen molar-refractivity contribution in [2.45, 2.75) is 13.5 Å². The fourth-order valence-electron chi connectivity index (χ4n) is 0.766. The summed E-state index contributed by atoms with van der Waals surface area (Å²) in [4.78, 5) is 26.6. The van der Waals surface area contributed by atoms with Crippen LogP contribution in [0.5, 0.6) is 0 Å². The molecule has 0 unspecified atom stereocenters. The highest BCUT2D eigenvalue weighted by Gasteiger charge is 2.13. The Hall–Kier alpha value is -1.43. The largest absolute Gasteiger partial charge is 0.459 e. The van der Waals surface area contributed by atoms with Crippen LogP contribution in [0.4, 0.5) is 0 Å². The summed E-state index contributed by atoms with van der Waals surface area (Å²) in [6, 6.07) is 0. The van der Waals surface area contributed by atoms with E-state index < -0.39 is 11.9 Å². The Labute approximate surface area is 85.1 Å². The molecule has 1 aromatic rings. The van der Waals surface area contributed by atoms with Gasteiger partial charge in [0.15, 0.2) is 0 Å². The number of carbonyl (C=O) groups excluding carboxylic acids is 2. The summed E-state index contributed by atoms with van der Waals surface area (Å²) in [6.07, 6.45) is 1.64. The van der Waals surface area contributed by atoms with E-state index in [4.69, 9.17) is 0 Å². The van der Waals surface area contributed by atoms with Crippen molar-refractivity contribution in [1.82, 2.24) is 10.3 Å². The SMILES string of the molecule is CCOC(=O)C(=O)NCc1cncs1. The number of esters is 1. The standard InChI is InChI=1S/C8H10N2O3S/c1-2-13-8(12)7(11)10-4-6-3-9-5-14-6/h3,5H,2,4H2,1H3,(H,10,11). The van der Waals surface area contributed by atoms with Gasteiger partial charge in [0.05, 0.1) is 18.7 Å². The van der Waals surface area contributed by atoms with Crippen LogP contribution in [-0.2, 0) is 20.9 Å². The minimum atomic E-state index is -0.850. The van der Waals surface area contributed by atoms with Gasteiger partial charge in [-0.2, -0.15) is 0 Å². The number of hydrogen-bond acceptors (Lipinski definition) is 5. The van der Waals surface area contributed by atoms with Crippen molar-refractivity contribution in [1.29, 1.82) is 0 Å². The number of aromatic nitrogens is 1.